The second kappa shape index (κ2) is 7.27. The molecule has 3 nitrogen and oxygen atoms in total. The fraction of sp³-hybridized carbons (Fsp3) is 0.350. The highest BCUT2D eigenvalue weighted by Crippen LogP contribution is 2.26. The van der Waals surface area contributed by atoms with E-state index in [-0.39, 0.29) is 24.4 Å². The van der Waals surface area contributed by atoms with Crippen molar-refractivity contribution in [3.63, 3.8) is 0 Å². The molecule has 126 valence electrons. The van der Waals surface area contributed by atoms with E-state index in [0.717, 1.165) is 49.9 Å². The van der Waals surface area contributed by atoms with Gasteiger partial charge in [-0.15, -0.1) is 12.4 Å². The lowest BCUT2D eigenvalue weighted by atomic mass is 9.88. The van der Waals surface area contributed by atoms with Crippen LogP contribution in [0.1, 0.15) is 39.9 Å². The van der Waals surface area contributed by atoms with Gasteiger partial charge in [0.05, 0.1) is 0 Å². The van der Waals surface area contributed by atoms with E-state index in [1.54, 1.807) is 0 Å². The smallest absolute Gasteiger partial charge is 0.251 e. The summed E-state index contributed by atoms with van der Waals surface area (Å²) >= 11 is 0. The number of hydrogen-bond donors (Lipinski definition) is 2. The van der Waals surface area contributed by atoms with Gasteiger partial charge < -0.3 is 10.6 Å². The molecule has 4 rings (SSSR count). The van der Waals surface area contributed by atoms with Crippen LogP contribution in [0.2, 0.25) is 0 Å². The summed E-state index contributed by atoms with van der Waals surface area (Å²) in [6.45, 7) is 0.998. The molecule has 0 spiro atoms. The molecule has 0 saturated carbocycles. The van der Waals surface area contributed by atoms with Gasteiger partial charge in [-0.05, 0) is 60.9 Å². The number of nitrogens with one attached hydrogen (secondary N) is 2. The van der Waals surface area contributed by atoms with E-state index >= 15 is 0 Å². The molecule has 1 amide bonds. The maximum atomic E-state index is 12.8. The van der Waals surface area contributed by atoms with Gasteiger partial charge in [-0.2, -0.15) is 0 Å². The summed E-state index contributed by atoms with van der Waals surface area (Å²) < 4.78 is 0. The molecule has 4 heteroatoms. The van der Waals surface area contributed by atoms with E-state index in [9.17, 15) is 4.79 Å². The van der Waals surface area contributed by atoms with Crippen LogP contribution in [0, 0.1) is 0 Å². The Morgan fingerprint density at radius 3 is 2.75 bits per heavy atom. The molecule has 2 aromatic carbocycles. The molecule has 1 aliphatic heterocycles. The summed E-state index contributed by atoms with van der Waals surface area (Å²) in [6.07, 6.45) is 5.09. The van der Waals surface area contributed by atoms with E-state index in [2.05, 4.69) is 41.0 Å². The molecule has 2 aliphatic rings. The van der Waals surface area contributed by atoms with Gasteiger partial charge >= 0.3 is 0 Å². The number of hydrogen-bond acceptors (Lipinski definition) is 2. The van der Waals surface area contributed by atoms with Crippen molar-refractivity contribution < 1.29 is 4.79 Å². The van der Waals surface area contributed by atoms with E-state index in [1.807, 2.05) is 12.1 Å². The van der Waals surface area contributed by atoms with Gasteiger partial charge in [-0.1, -0.05) is 30.3 Å². The molecule has 0 aromatic heterocycles. The molecule has 1 heterocycles. The predicted octanol–water partition coefficient (Wildman–Crippen LogP) is 3.75. The normalized spacial score (nSPS) is 18.4. The number of carbonyl (C=O) groups is 1. The van der Waals surface area contributed by atoms with Crippen LogP contribution < -0.4 is 10.6 Å². The zero-order valence-electron chi connectivity index (χ0n) is 13.7. The zero-order valence-corrected chi connectivity index (χ0v) is 14.5. The Hall–Kier alpha value is -2.00. The zero-order chi connectivity index (χ0) is 15.6. The molecule has 1 unspecified atom stereocenters. The van der Waals surface area contributed by atoms with Crippen LogP contribution in [-0.2, 0) is 19.3 Å². The molecule has 2 aromatic rings. The van der Waals surface area contributed by atoms with Crippen molar-refractivity contribution in [2.75, 3.05) is 11.9 Å². The molecule has 1 atom stereocenters. The minimum absolute atomic E-state index is 0. The molecule has 24 heavy (non-hydrogen) atoms. The molecule has 0 radical (unpaired) electrons. The summed E-state index contributed by atoms with van der Waals surface area (Å²) in [6, 6.07) is 14.8. The van der Waals surface area contributed by atoms with Crippen molar-refractivity contribution in [3.8, 4) is 0 Å². The Kier molecular flexibility index (Phi) is 5.10. The van der Waals surface area contributed by atoms with E-state index < -0.39 is 0 Å². The van der Waals surface area contributed by atoms with Crippen LogP contribution in [0.15, 0.2) is 42.5 Å². The van der Waals surface area contributed by atoms with Crippen LogP contribution >= 0.6 is 12.4 Å². The Morgan fingerprint density at radius 2 is 1.88 bits per heavy atom. The highest BCUT2D eigenvalue weighted by Gasteiger charge is 2.23. The van der Waals surface area contributed by atoms with Gasteiger partial charge in [-0.25, -0.2) is 0 Å². The standard InChI is InChI=1S/C20H22N2O.ClH/c23-20(18-7-3-9-19-17(18)8-4-12-21-19)22-16-11-10-14-5-1-2-6-15(14)13-16;/h1-3,5-7,9,16,21H,4,8,10-13H2,(H,22,23);1H. The number of halogens is 1. The monoisotopic (exact) mass is 342 g/mol. The van der Waals surface area contributed by atoms with Crippen LogP contribution in [0.3, 0.4) is 0 Å². The lowest BCUT2D eigenvalue weighted by molar-refractivity contribution is 0.0932. The average Bonchev–Trinajstić information content (AvgIpc) is 2.61. The molecule has 2 N–H and O–H groups in total. The van der Waals surface area contributed by atoms with Gasteiger partial charge in [0, 0.05) is 23.8 Å². The third-order valence-electron chi connectivity index (χ3n) is 5.02. The number of benzene rings is 2. The van der Waals surface area contributed by atoms with Gasteiger partial charge in [0.2, 0.25) is 0 Å². The first-order valence-corrected chi connectivity index (χ1v) is 8.54. The quantitative estimate of drug-likeness (QED) is 0.872. The Balaban J connectivity index is 0.00000169. The molecule has 0 saturated heterocycles. The number of fused-ring (bicyclic) bond motifs is 2. The summed E-state index contributed by atoms with van der Waals surface area (Å²) in [5.74, 6) is 0.0786. The van der Waals surface area contributed by atoms with Gasteiger partial charge in [0.15, 0.2) is 0 Å². The largest absolute Gasteiger partial charge is 0.385 e. The maximum absolute atomic E-state index is 12.8. The Morgan fingerprint density at radius 1 is 1.04 bits per heavy atom. The van der Waals surface area contributed by atoms with E-state index in [0.29, 0.717) is 0 Å². The van der Waals surface area contributed by atoms with E-state index in [1.165, 1.54) is 16.7 Å². The number of amides is 1. The third kappa shape index (κ3) is 3.27. The molecule has 0 bridgehead atoms. The number of anilines is 1. The Labute approximate surface area is 149 Å². The van der Waals surface area contributed by atoms with Crippen LogP contribution in [-0.4, -0.2) is 18.5 Å². The van der Waals surface area contributed by atoms with Gasteiger partial charge in [0.1, 0.15) is 0 Å². The van der Waals surface area contributed by atoms with Crippen molar-refractivity contribution in [1.82, 2.24) is 5.32 Å². The average molecular weight is 343 g/mol. The number of rotatable bonds is 2. The fourth-order valence-corrected chi connectivity index (χ4v) is 3.81. The van der Waals surface area contributed by atoms with Gasteiger partial charge in [-0.3, -0.25) is 4.79 Å². The highest BCUT2D eigenvalue weighted by atomic mass is 35.5. The van der Waals surface area contributed by atoms with Crippen molar-refractivity contribution in [1.29, 1.82) is 0 Å². The number of aryl methyl sites for hydroxylation is 1. The summed E-state index contributed by atoms with van der Waals surface area (Å²) in [5, 5.41) is 6.65. The van der Waals surface area contributed by atoms with Crippen LogP contribution in [0.25, 0.3) is 0 Å². The summed E-state index contributed by atoms with van der Waals surface area (Å²) in [7, 11) is 0. The maximum Gasteiger partial charge on any atom is 0.251 e. The van der Waals surface area contributed by atoms with Crippen molar-refractivity contribution >= 4 is 24.0 Å². The van der Waals surface area contributed by atoms with E-state index in [4.69, 9.17) is 0 Å². The second-order valence-corrected chi connectivity index (χ2v) is 6.54. The topological polar surface area (TPSA) is 41.1 Å². The molecule has 1 aliphatic carbocycles. The summed E-state index contributed by atoms with van der Waals surface area (Å²) in [5.41, 5.74) is 5.94. The van der Waals surface area contributed by atoms with Gasteiger partial charge in [0.25, 0.3) is 5.91 Å². The van der Waals surface area contributed by atoms with Crippen molar-refractivity contribution in [3.05, 3.63) is 64.7 Å². The summed E-state index contributed by atoms with van der Waals surface area (Å²) in [4.78, 5) is 12.8. The number of carbonyl (C=O) groups excluding carboxylic acids is 1. The Bertz CT molecular complexity index is 744. The predicted molar refractivity (Wildman–Crippen MR) is 100 cm³/mol. The first kappa shape index (κ1) is 16.8. The first-order chi connectivity index (χ1) is 11.3. The lowest BCUT2D eigenvalue weighted by Gasteiger charge is -2.26. The third-order valence-corrected chi connectivity index (χ3v) is 5.02. The SMILES string of the molecule is Cl.O=C(NC1CCc2ccccc2C1)c1cccc2c1CCCN2. The van der Waals surface area contributed by atoms with Crippen molar-refractivity contribution in [2.24, 2.45) is 0 Å². The molecular weight excluding hydrogens is 320 g/mol. The first-order valence-electron chi connectivity index (χ1n) is 8.54. The fourth-order valence-electron chi connectivity index (χ4n) is 3.81. The molecular formula is C20H23ClN2O. The second-order valence-electron chi connectivity index (χ2n) is 6.54. The minimum Gasteiger partial charge on any atom is -0.385 e. The minimum atomic E-state index is 0. The highest BCUT2D eigenvalue weighted by molar-refractivity contribution is 5.97. The van der Waals surface area contributed by atoms with Crippen LogP contribution in [0.5, 0.6) is 0 Å². The van der Waals surface area contributed by atoms with Crippen molar-refractivity contribution in [2.45, 2.75) is 38.1 Å². The lowest BCUT2D eigenvalue weighted by Crippen LogP contribution is -2.39. The molecule has 0 fully saturated rings. The van der Waals surface area contributed by atoms with Crippen LogP contribution in [0.4, 0.5) is 5.69 Å².